The van der Waals surface area contributed by atoms with Crippen molar-refractivity contribution in [3.05, 3.63) is 64.2 Å². The lowest BCUT2D eigenvalue weighted by Gasteiger charge is -2.24. The Morgan fingerprint density at radius 3 is 2.24 bits per heavy atom. The molecule has 1 saturated heterocycles. The van der Waals surface area contributed by atoms with Gasteiger partial charge in [0.15, 0.2) is 0 Å². The molecule has 1 fully saturated rings. The quantitative estimate of drug-likeness (QED) is 0.489. The van der Waals surface area contributed by atoms with Gasteiger partial charge in [-0.1, -0.05) is 38.8 Å². The fraction of sp³-hybridized carbons (Fsp3) is 0.423. The number of sulfone groups is 1. The average Bonchev–Trinajstić information content (AvgIpc) is 3.10. The van der Waals surface area contributed by atoms with E-state index in [0.717, 1.165) is 57.2 Å². The first-order valence-corrected chi connectivity index (χ1v) is 13.3. The third-order valence-corrected chi connectivity index (χ3v) is 8.22. The highest BCUT2D eigenvalue weighted by molar-refractivity contribution is 7.91. The van der Waals surface area contributed by atoms with Gasteiger partial charge < -0.3 is 9.47 Å². The standard InChI is InChI=1S/C26H31FN2O3S/c1-3-13-29-18-25(33(31,32)20-11-9-19(4-2)10-12-20)26(30)21-16-22(27)24(17-23(21)29)28-14-7-5-6-8-15-28/h9-12,16-18H,3-8,13-15H2,1-2H3. The van der Waals surface area contributed by atoms with Gasteiger partial charge in [0.1, 0.15) is 10.7 Å². The lowest BCUT2D eigenvalue weighted by Crippen LogP contribution is -2.26. The number of benzene rings is 2. The Morgan fingerprint density at radius 1 is 0.970 bits per heavy atom. The maximum Gasteiger partial charge on any atom is 0.211 e. The van der Waals surface area contributed by atoms with E-state index < -0.39 is 21.1 Å². The Hall–Kier alpha value is -2.67. The average molecular weight is 471 g/mol. The van der Waals surface area contributed by atoms with Crippen molar-refractivity contribution in [1.82, 2.24) is 4.57 Å². The molecule has 33 heavy (non-hydrogen) atoms. The van der Waals surface area contributed by atoms with Crippen LogP contribution >= 0.6 is 0 Å². The van der Waals surface area contributed by atoms with E-state index in [-0.39, 0.29) is 15.2 Å². The molecule has 1 aliphatic rings. The zero-order chi connectivity index (χ0) is 23.6. The van der Waals surface area contributed by atoms with E-state index in [9.17, 15) is 13.2 Å². The molecule has 4 rings (SSSR count). The van der Waals surface area contributed by atoms with E-state index in [1.165, 1.54) is 24.4 Å². The summed E-state index contributed by atoms with van der Waals surface area (Å²) in [6, 6.07) is 9.52. The van der Waals surface area contributed by atoms with Gasteiger partial charge >= 0.3 is 0 Å². The number of rotatable bonds is 6. The molecule has 3 aromatic rings. The number of halogens is 1. The van der Waals surface area contributed by atoms with Gasteiger partial charge in [-0.2, -0.15) is 0 Å². The summed E-state index contributed by atoms with van der Waals surface area (Å²) in [4.78, 5) is 15.2. The van der Waals surface area contributed by atoms with Crippen molar-refractivity contribution < 1.29 is 12.8 Å². The smallest absolute Gasteiger partial charge is 0.211 e. The van der Waals surface area contributed by atoms with Gasteiger partial charge in [-0.3, -0.25) is 4.79 Å². The molecule has 0 saturated carbocycles. The van der Waals surface area contributed by atoms with Crippen LogP contribution in [0.4, 0.5) is 10.1 Å². The van der Waals surface area contributed by atoms with Crippen molar-refractivity contribution in [2.45, 2.75) is 68.7 Å². The third kappa shape index (κ3) is 4.56. The van der Waals surface area contributed by atoms with Crippen molar-refractivity contribution in [3.63, 3.8) is 0 Å². The highest BCUT2D eigenvalue weighted by atomic mass is 32.2. The fourth-order valence-corrected chi connectivity index (χ4v) is 5.94. The van der Waals surface area contributed by atoms with E-state index in [4.69, 9.17) is 0 Å². The zero-order valence-electron chi connectivity index (χ0n) is 19.3. The van der Waals surface area contributed by atoms with E-state index in [2.05, 4.69) is 0 Å². The largest absolute Gasteiger partial charge is 0.369 e. The Kier molecular flexibility index (Phi) is 6.88. The van der Waals surface area contributed by atoms with Crippen LogP contribution in [0.2, 0.25) is 0 Å². The summed E-state index contributed by atoms with van der Waals surface area (Å²) in [6.07, 6.45) is 7.25. The topological polar surface area (TPSA) is 59.4 Å². The van der Waals surface area contributed by atoms with Gasteiger partial charge in [-0.25, -0.2) is 12.8 Å². The summed E-state index contributed by atoms with van der Waals surface area (Å²) < 4.78 is 43.8. The number of hydrogen-bond acceptors (Lipinski definition) is 4. The minimum Gasteiger partial charge on any atom is -0.369 e. The SMILES string of the molecule is CCCn1cc(S(=O)(=O)c2ccc(CC)cc2)c(=O)c2cc(F)c(N3CCCCCC3)cc21. The number of hydrogen-bond donors (Lipinski definition) is 0. The summed E-state index contributed by atoms with van der Waals surface area (Å²) in [5.41, 5.74) is 1.42. The van der Waals surface area contributed by atoms with Crippen LogP contribution in [-0.2, 0) is 22.8 Å². The van der Waals surface area contributed by atoms with Gasteiger partial charge in [0.05, 0.1) is 21.5 Å². The van der Waals surface area contributed by atoms with E-state index >= 15 is 4.39 Å². The molecule has 0 amide bonds. The third-order valence-electron chi connectivity index (χ3n) is 6.46. The summed E-state index contributed by atoms with van der Waals surface area (Å²) >= 11 is 0. The van der Waals surface area contributed by atoms with Crippen molar-refractivity contribution in [2.75, 3.05) is 18.0 Å². The predicted molar refractivity (Wildman–Crippen MR) is 130 cm³/mol. The maximum absolute atomic E-state index is 15.2. The molecule has 0 N–H and O–H groups in total. The minimum absolute atomic E-state index is 0.0702. The summed E-state index contributed by atoms with van der Waals surface area (Å²) in [6.45, 7) is 6.06. The molecule has 2 heterocycles. The molecule has 176 valence electrons. The maximum atomic E-state index is 15.2. The number of nitrogens with zero attached hydrogens (tertiary/aromatic N) is 2. The van der Waals surface area contributed by atoms with E-state index in [0.29, 0.717) is 17.7 Å². The molecule has 2 aromatic carbocycles. The van der Waals surface area contributed by atoms with Gasteiger partial charge in [0.25, 0.3) is 0 Å². The molecule has 0 unspecified atom stereocenters. The molecule has 1 aromatic heterocycles. The van der Waals surface area contributed by atoms with E-state index in [1.807, 2.05) is 18.7 Å². The first-order chi connectivity index (χ1) is 15.9. The van der Waals surface area contributed by atoms with Crippen LogP contribution in [0, 0.1) is 5.82 Å². The lowest BCUT2D eigenvalue weighted by molar-refractivity contribution is 0.592. The lowest BCUT2D eigenvalue weighted by atomic mass is 10.1. The normalized spacial score (nSPS) is 15.1. The molecule has 0 atom stereocenters. The second kappa shape index (κ2) is 9.67. The van der Waals surface area contributed by atoms with Gasteiger partial charge in [0, 0.05) is 25.8 Å². The van der Waals surface area contributed by atoms with Crippen LogP contribution in [0.15, 0.2) is 57.2 Å². The first-order valence-electron chi connectivity index (χ1n) is 11.8. The summed E-state index contributed by atoms with van der Waals surface area (Å²) in [5, 5.41) is 0.103. The molecular formula is C26H31FN2O3S. The van der Waals surface area contributed by atoms with Crippen LogP contribution < -0.4 is 10.3 Å². The van der Waals surface area contributed by atoms with Crippen molar-refractivity contribution in [1.29, 1.82) is 0 Å². The van der Waals surface area contributed by atoms with Crippen LogP contribution in [0.25, 0.3) is 10.9 Å². The second-order valence-electron chi connectivity index (χ2n) is 8.74. The molecular weight excluding hydrogens is 439 g/mol. The highest BCUT2D eigenvalue weighted by Crippen LogP contribution is 2.29. The number of aryl methyl sites for hydroxylation is 2. The summed E-state index contributed by atoms with van der Waals surface area (Å²) in [7, 11) is -4.04. The first kappa shape index (κ1) is 23.5. The van der Waals surface area contributed by atoms with Gasteiger partial charge in [-0.15, -0.1) is 0 Å². The number of anilines is 1. The van der Waals surface area contributed by atoms with Crippen LogP contribution in [0.3, 0.4) is 0 Å². The molecule has 1 aliphatic heterocycles. The van der Waals surface area contributed by atoms with Crippen molar-refractivity contribution >= 4 is 26.4 Å². The van der Waals surface area contributed by atoms with E-state index in [1.54, 1.807) is 22.8 Å². The van der Waals surface area contributed by atoms with Crippen LogP contribution in [0.1, 0.15) is 51.5 Å². The second-order valence-corrected chi connectivity index (χ2v) is 10.7. The molecule has 7 heteroatoms. The Bertz CT molecular complexity index is 1310. The molecule has 0 spiro atoms. The number of pyridine rings is 1. The van der Waals surface area contributed by atoms with Gasteiger partial charge in [-0.05, 0) is 55.5 Å². The zero-order valence-corrected chi connectivity index (χ0v) is 20.1. The molecule has 0 aliphatic carbocycles. The fourth-order valence-electron chi connectivity index (χ4n) is 4.58. The molecule has 0 bridgehead atoms. The monoisotopic (exact) mass is 470 g/mol. The van der Waals surface area contributed by atoms with Gasteiger partial charge in [0.2, 0.25) is 15.3 Å². The van der Waals surface area contributed by atoms with Crippen molar-refractivity contribution in [2.24, 2.45) is 0 Å². The Morgan fingerprint density at radius 2 is 1.64 bits per heavy atom. The Labute approximate surface area is 194 Å². The van der Waals surface area contributed by atoms with Crippen LogP contribution in [-0.4, -0.2) is 26.1 Å². The Balaban J connectivity index is 1.89. The highest BCUT2D eigenvalue weighted by Gasteiger charge is 2.25. The predicted octanol–water partition coefficient (Wildman–Crippen LogP) is 5.33. The van der Waals surface area contributed by atoms with Crippen LogP contribution in [0.5, 0.6) is 0 Å². The molecule has 0 radical (unpaired) electrons. The summed E-state index contributed by atoms with van der Waals surface area (Å²) in [5.74, 6) is -0.480. The molecule has 5 nitrogen and oxygen atoms in total. The van der Waals surface area contributed by atoms with Crippen molar-refractivity contribution in [3.8, 4) is 0 Å². The minimum atomic E-state index is -4.04. The number of aromatic nitrogens is 1. The number of fused-ring (bicyclic) bond motifs is 1.